The molecule has 0 aliphatic carbocycles. The van der Waals surface area contributed by atoms with Crippen molar-refractivity contribution in [1.82, 2.24) is 10.6 Å². The van der Waals surface area contributed by atoms with Gasteiger partial charge in [0.2, 0.25) is 0 Å². The van der Waals surface area contributed by atoms with Gasteiger partial charge in [-0.05, 0) is 36.1 Å². The maximum Gasteiger partial charge on any atom is 0.314 e. The molecule has 0 fully saturated rings. The molecule has 0 unspecified atom stereocenters. The molecule has 2 rings (SSSR count). The predicted molar refractivity (Wildman–Crippen MR) is 93.3 cm³/mol. The molecule has 5 heteroatoms. The number of nitrogens with one attached hydrogen (secondary N) is 2. The number of halogens is 1. The van der Waals surface area contributed by atoms with Crippen molar-refractivity contribution in [3.63, 3.8) is 0 Å². The highest BCUT2D eigenvalue weighted by Crippen LogP contribution is 2.17. The van der Waals surface area contributed by atoms with Crippen LogP contribution < -0.4 is 15.4 Å². The molecule has 0 radical (unpaired) electrons. The molecule has 4 nitrogen and oxygen atoms in total. The summed E-state index contributed by atoms with van der Waals surface area (Å²) >= 11 is 6.08. The second-order valence-corrected chi connectivity index (χ2v) is 5.49. The number of ether oxygens (including phenoxy) is 1. The van der Waals surface area contributed by atoms with Gasteiger partial charge >= 0.3 is 6.03 Å². The molecule has 0 heterocycles. The molecule has 2 aromatic carbocycles. The molecule has 0 bridgehead atoms. The SMILES string of the molecule is COc1ccccc1CCNC(=O)NCCc1ccccc1Cl. The van der Waals surface area contributed by atoms with Crippen LogP contribution in [0.1, 0.15) is 11.1 Å². The molecule has 0 aromatic heterocycles. The van der Waals surface area contributed by atoms with E-state index in [-0.39, 0.29) is 6.03 Å². The van der Waals surface area contributed by atoms with Gasteiger partial charge in [-0.1, -0.05) is 48.0 Å². The Balaban J connectivity index is 1.68. The normalized spacial score (nSPS) is 10.2. The molecule has 2 amide bonds. The van der Waals surface area contributed by atoms with Gasteiger partial charge < -0.3 is 15.4 Å². The standard InChI is InChI=1S/C18H21ClN2O2/c1-23-17-9-5-3-7-15(17)11-13-21-18(22)20-12-10-14-6-2-4-8-16(14)19/h2-9H,10-13H2,1H3,(H2,20,21,22). The van der Waals surface area contributed by atoms with Gasteiger partial charge in [-0.25, -0.2) is 4.79 Å². The second kappa shape index (κ2) is 9.06. The topological polar surface area (TPSA) is 50.4 Å². The predicted octanol–water partition coefficient (Wildman–Crippen LogP) is 3.43. The van der Waals surface area contributed by atoms with Crippen LogP contribution in [0.5, 0.6) is 5.75 Å². The molecule has 0 spiro atoms. The Kier molecular flexibility index (Phi) is 6.76. The van der Waals surface area contributed by atoms with Crippen molar-refractivity contribution in [1.29, 1.82) is 0 Å². The number of hydrogen-bond acceptors (Lipinski definition) is 2. The number of urea groups is 1. The Morgan fingerprint density at radius 1 is 0.957 bits per heavy atom. The Labute approximate surface area is 141 Å². The molecular weight excluding hydrogens is 312 g/mol. The number of hydrogen-bond donors (Lipinski definition) is 2. The van der Waals surface area contributed by atoms with Crippen molar-refractivity contribution < 1.29 is 9.53 Å². The van der Waals surface area contributed by atoms with Gasteiger partial charge in [0.25, 0.3) is 0 Å². The zero-order valence-electron chi connectivity index (χ0n) is 13.1. The maximum absolute atomic E-state index is 11.8. The quantitative estimate of drug-likeness (QED) is 0.816. The minimum Gasteiger partial charge on any atom is -0.496 e. The largest absolute Gasteiger partial charge is 0.496 e. The summed E-state index contributed by atoms with van der Waals surface area (Å²) in [6.07, 6.45) is 1.43. The lowest BCUT2D eigenvalue weighted by molar-refractivity contribution is 0.241. The highest BCUT2D eigenvalue weighted by atomic mass is 35.5. The average molecular weight is 333 g/mol. The number of para-hydroxylation sites is 1. The van der Waals surface area contributed by atoms with Crippen molar-refractivity contribution in [3.8, 4) is 5.75 Å². The van der Waals surface area contributed by atoms with Crippen LogP contribution in [-0.2, 0) is 12.8 Å². The third-order valence-electron chi connectivity index (χ3n) is 3.51. The lowest BCUT2D eigenvalue weighted by atomic mass is 10.1. The van der Waals surface area contributed by atoms with Crippen LogP contribution in [0.3, 0.4) is 0 Å². The van der Waals surface area contributed by atoms with Gasteiger partial charge in [-0.2, -0.15) is 0 Å². The van der Waals surface area contributed by atoms with Gasteiger partial charge in [-0.3, -0.25) is 0 Å². The van der Waals surface area contributed by atoms with Crippen molar-refractivity contribution in [2.45, 2.75) is 12.8 Å². The molecule has 23 heavy (non-hydrogen) atoms. The molecule has 0 atom stereocenters. The smallest absolute Gasteiger partial charge is 0.314 e. The monoisotopic (exact) mass is 332 g/mol. The zero-order chi connectivity index (χ0) is 16.5. The third kappa shape index (κ3) is 5.49. The summed E-state index contributed by atoms with van der Waals surface area (Å²) in [4.78, 5) is 11.8. The van der Waals surface area contributed by atoms with Crippen LogP contribution in [-0.4, -0.2) is 26.2 Å². The zero-order valence-corrected chi connectivity index (χ0v) is 13.9. The molecule has 2 N–H and O–H groups in total. The van der Waals surface area contributed by atoms with E-state index >= 15 is 0 Å². The minimum absolute atomic E-state index is 0.174. The summed E-state index contributed by atoms with van der Waals surface area (Å²) in [5.74, 6) is 0.841. The fourth-order valence-electron chi connectivity index (χ4n) is 2.29. The van der Waals surface area contributed by atoms with E-state index in [0.29, 0.717) is 19.5 Å². The first-order valence-electron chi connectivity index (χ1n) is 7.57. The number of carbonyl (C=O) groups is 1. The highest BCUT2D eigenvalue weighted by molar-refractivity contribution is 6.31. The van der Waals surface area contributed by atoms with E-state index in [1.165, 1.54) is 0 Å². The fourth-order valence-corrected chi connectivity index (χ4v) is 2.52. The van der Waals surface area contributed by atoms with E-state index in [2.05, 4.69) is 10.6 Å². The lowest BCUT2D eigenvalue weighted by Gasteiger charge is -2.10. The number of amides is 2. The summed E-state index contributed by atoms with van der Waals surface area (Å²) in [5, 5.41) is 6.41. The van der Waals surface area contributed by atoms with Gasteiger partial charge in [-0.15, -0.1) is 0 Å². The lowest BCUT2D eigenvalue weighted by Crippen LogP contribution is -2.37. The highest BCUT2D eigenvalue weighted by Gasteiger charge is 2.04. The van der Waals surface area contributed by atoms with E-state index in [4.69, 9.17) is 16.3 Å². The first-order valence-corrected chi connectivity index (χ1v) is 7.95. The summed E-state index contributed by atoms with van der Waals surface area (Å²) in [7, 11) is 1.65. The maximum atomic E-state index is 11.8. The van der Waals surface area contributed by atoms with Crippen LogP contribution in [0, 0.1) is 0 Å². The number of benzene rings is 2. The number of methoxy groups -OCH3 is 1. The summed E-state index contributed by atoms with van der Waals surface area (Å²) in [6.45, 7) is 1.10. The van der Waals surface area contributed by atoms with Crippen molar-refractivity contribution in [2.24, 2.45) is 0 Å². The molecule has 0 saturated carbocycles. The van der Waals surface area contributed by atoms with Crippen LogP contribution in [0.2, 0.25) is 5.02 Å². The summed E-state index contributed by atoms with van der Waals surface area (Å²) in [5.41, 5.74) is 2.11. The van der Waals surface area contributed by atoms with Crippen LogP contribution >= 0.6 is 11.6 Å². The number of rotatable bonds is 7. The van der Waals surface area contributed by atoms with Crippen molar-refractivity contribution in [2.75, 3.05) is 20.2 Å². The molecule has 0 aliphatic rings. The Morgan fingerprint density at radius 3 is 2.17 bits per heavy atom. The molecule has 0 saturated heterocycles. The van der Waals surface area contributed by atoms with E-state index in [1.54, 1.807) is 7.11 Å². The van der Waals surface area contributed by atoms with E-state index in [1.807, 2.05) is 48.5 Å². The summed E-state index contributed by atoms with van der Waals surface area (Å²) < 4.78 is 5.29. The number of carbonyl (C=O) groups excluding carboxylic acids is 1. The minimum atomic E-state index is -0.174. The van der Waals surface area contributed by atoms with Gasteiger partial charge in [0.1, 0.15) is 5.75 Å². The molecular formula is C18H21ClN2O2. The van der Waals surface area contributed by atoms with Gasteiger partial charge in [0, 0.05) is 18.1 Å². The molecule has 122 valence electrons. The molecule has 2 aromatic rings. The Morgan fingerprint density at radius 2 is 1.52 bits per heavy atom. The van der Waals surface area contributed by atoms with E-state index in [9.17, 15) is 4.79 Å². The third-order valence-corrected chi connectivity index (χ3v) is 3.88. The van der Waals surface area contributed by atoms with Crippen LogP contribution in [0.15, 0.2) is 48.5 Å². The van der Waals surface area contributed by atoms with E-state index in [0.717, 1.165) is 28.3 Å². The van der Waals surface area contributed by atoms with Crippen molar-refractivity contribution >= 4 is 17.6 Å². The fraction of sp³-hybridized carbons (Fsp3) is 0.278. The van der Waals surface area contributed by atoms with Crippen molar-refractivity contribution in [3.05, 3.63) is 64.7 Å². The Bertz CT molecular complexity index is 646. The molecule has 0 aliphatic heterocycles. The Hall–Kier alpha value is -2.20. The summed E-state index contributed by atoms with van der Waals surface area (Å²) in [6, 6.07) is 15.3. The van der Waals surface area contributed by atoms with Crippen LogP contribution in [0.25, 0.3) is 0 Å². The van der Waals surface area contributed by atoms with E-state index < -0.39 is 0 Å². The first kappa shape index (κ1) is 17.2. The van der Waals surface area contributed by atoms with Crippen LogP contribution in [0.4, 0.5) is 4.79 Å². The van der Waals surface area contributed by atoms with Gasteiger partial charge in [0.15, 0.2) is 0 Å². The average Bonchev–Trinajstić information content (AvgIpc) is 2.57. The first-order chi connectivity index (χ1) is 11.2. The van der Waals surface area contributed by atoms with Gasteiger partial charge in [0.05, 0.1) is 7.11 Å². The second-order valence-electron chi connectivity index (χ2n) is 5.09.